The molecule has 130 valence electrons. The van der Waals surface area contributed by atoms with Crippen molar-refractivity contribution in [1.82, 2.24) is 25.1 Å². The molecule has 1 aliphatic heterocycles. The van der Waals surface area contributed by atoms with E-state index in [0.717, 1.165) is 5.56 Å². The van der Waals surface area contributed by atoms with E-state index in [1.165, 1.54) is 6.07 Å². The van der Waals surface area contributed by atoms with Gasteiger partial charge in [-0.15, -0.1) is 0 Å². The fourth-order valence-electron chi connectivity index (χ4n) is 3.45. The fourth-order valence-corrected chi connectivity index (χ4v) is 3.45. The maximum absolute atomic E-state index is 13.9. The molecule has 25 heavy (non-hydrogen) atoms. The molecule has 0 radical (unpaired) electrons. The summed E-state index contributed by atoms with van der Waals surface area (Å²) in [5.41, 5.74) is 1.23. The first kappa shape index (κ1) is 15.6. The topological polar surface area (TPSA) is 95.6 Å². The molecule has 7 nitrogen and oxygen atoms in total. The number of carbonyl (C=O) groups is 1. The molecule has 1 amide bonds. The van der Waals surface area contributed by atoms with Gasteiger partial charge in [0, 0.05) is 24.4 Å². The zero-order chi connectivity index (χ0) is 17.6. The highest BCUT2D eigenvalue weighted by Gasteiger charge is 2.23. The summed E-state index contributed by atoms with van der Waals surface area (Å²) in [6, 6.07) is 4.72. The fraction of sp³-hybridized carbons (Fsp3) is 0.353. The van der Waals surface area contributed by atoms with Gasteiger partial charge in [0.2, 0.25) is 0 Å². The Balaban J connectivity index is 1.54. The lowest BCUT2D eigenvalue weighted by Gasteiger charge is -2.15. The van der Waals surface area contributed by atoms with Crippen molar-refractivity contribution in [3.8, 4) is 0 Å². The lowest BCUT2D eigenvalue weighted by atomic mass is 10.1. The number of fused-ring (bicyclic) bond motifs is 2. The van der Waals surface area contributed by atoms with Crippen molar-refractivity contribution in [3.05, 3.63) is 51.6 Å². The summed E-state index contributed by atoms with van der Waals surface area (Å²) in [6.45, 7) is 2.31. The second-order valence-electron chi connectivity index (χ2n) is 6.38. The van der Waals surface area contributed by atoms with Crippen LogP contribution >= 0.6 is 0 Å². The molecule has 4 rings (SSSR count). The van der Waals surface area contributed by atoms with Gasteiger partial charge in [-0.05, 0) is 31.4 Å². The first-order valence-corrected chi connectivity index (χ1v) is 8.26. The molecule has 0 aliphatic carbocycles. The number of nitrogens with one attached hydrogen (secondary N) is 3. The summed E-state index contributed by atoms with van der Waals surface area (Å²) in [5, 5.41) is 10.2. The lowest BCUT2D eigenvalue weighted by Crippen LogP contribution is -2.36. The number of para-hydroxylation sites is 1. The van der Waals surface area contributed by atoms with E-state index < -0.39 is 0 Å². The van der Waals surface area contributed by atoms with E-state index >= 15 is 0 Å². The zero-order valence-electron chi connectivity index (χ0n) is 13.7. The predicted molar refractivity (Wildman–Crippen MR) is 90.0 cm³/mol. The Hall–Kier alpha value is -2.90. The Morgan fingerprint density at radius 2 is 2.24 bits per heavy atom. The minimum atomic E-state index is -0.376. The summed E-state index contributed by atoms with van der Waals surface area (Å²) < 4.78 is 15.5. The number of rotatable bonds is 2. The van der Waals surface area contributed by atoms with Gasteiger partial charge >= 0.3 is 5.69 Å². The standard InChI is InChI=1S/C17H18FN5O2/c1-9-11-3-2-4-12(18)15(11)20-14(9)16(24)19-10-5-6-13-21-22-17(25)23(13)8-7-10/h2-4,10,20H,5-8H2,1H3,(H,19,24)(H,22,25). The molecule has 1 unspecified atom stereocenters. The molecule has 3 aromatic rings. The highest BCUT2D eigenvalue weighted by atomic mass is 19.1. The van der Waals surface area contributed by atoms with Crippen LogP contribution in [0, 0.1) is 12.7 Å². The third kappa shape index (κ3) is 2.63. The average molecular weight is 343 g/mol. The third-order valence-electron chi connectivity index (χ3n) is 4.86. The first-order valence-electron chi connectivity index (χ1n) is 8.26. The number of carbonyl (C=O) groups excluding carboxylic acids is 1. The monoisotopic (exact) mass is 343 g/mol. The number of amides is 1. The maximum Gasteiger partial charge on any atom is 0.343 e. The van der Waals surface area contributed by atoms with Crippen LogP contribution < -0.4 is 11.0 Å². The molecule has 3 heterocycles. The maximum atomic E-state index is 13.9. The van der Waals surface area contributed by atoms with Crippen molar-refractivity contribution in [2.24, 2.45) is 0 Å². The van der Waals surface area contributed by atoms with Gasteiger partial charge in [0.15, 0.2) is 0 Å². The van der Waals surface area contributed by atoms with Crippen LogP contribution in [0.2, 0.25) is 0 Å². The molecule has 0 bridgehead atoms. The van der Waals surface area contributed by atoms with Crippen LogP contribution in [0.4, 0.5) is 4.39 Å². The van der Waals surface area contributed by atoms with E-state index in [-0.39, 0.29) is 23.5 Å². The summed E-state index contributed by atoms with van der Waals surface area (Å²) in [5.74, 6) is 0.0796. The van der Waals surface area contributed by atoms with E-state index in [1.807, 2.05) is 0 Å². The molecule has 2 aromatic heterocycles. The van der Waals surface area contributed by atoms with Crippen LogP contribution in [-0.4, -0.2) is 31.7 Å². The summed E-state index contributed by atoms with van der Waals surface area (Å²) in [7, 11) is 0. The van der Waals surface area contributed by atoms with E-state index in [2.05, 4.69) is 20.5 Å². The van der Waals surface area contributed by atoms with Crippen molar-refractivity contribution in [2.45, 2.75) is 38.8 Å². The number of H-pyrrole nitrogens is 2. The second kappa shape index (κ2) is 5.87. The molecular formula is C17H18FN5O2. The Kier molecular flexibility index (Phi) is 3.67. The first-order chi connectivity index (χ1) is 12.0. The van der Waals surface area contributed by atoms with Crippen LogP contribution in [0.5, 0.6) is 0 Å². The van der Waals surface area contributed by atoms with E-state index in [9.17, 15) is 14.0 Å². The van der Waals surface area contributed by atoms with Gasteiger partial charge in [-0.3, -0.25) is 9.36 Å². The van der Waals surface area contributed by atoms with Crippen molar-refractivity contribution in [1.29, 1.82) is 0 Å². The molecule has 0 saturated carbocycles. The van der Waals surface area contributed by atoms with Crippen LogP contribution in [0.15, 0.2) is 23.0 Å². The van der Waals surface area contributed by atoms with Gasteiger partial charge in [-0.25, -0.2) is 14.3 Å². The number of aromatic nitrogens is 4. The van der Waals surface area contributed by atoms with Crippen LogP contribution in [0.1, 0.15) is 34.7 Å². The smallest absolute Gasteiger partial charge is 0.343 e. The van der Waals surface area contributed by atoms with Crippen molar-refractivity contribution in [2.75, 3.05) is 0 Å². The van der Waals surface area contributed by atoms with Gasteiger partial charge in [0.25, 0.3) is 5.91 Å². The second-order valence-corrected chi connectivity index (χ2v) is 6.38. The molecule has 8 heteroatoms. The predicted octanol–water partition coefficient (Wildman–Crippen LogP) is 1.64. The number of hydrogen-bond donors (Lipinski definition) is 3. The van der Waals surface area contributed by atoms with E-state index in [1.54, 1.807) is 23.6 Å². The number of aryl methyl sites for hydroxylation is 2. The number of hydrogen-bond acceptors (Lipinski definition) is 3. The largest absolute Gasteiger partial charge is 0.348 e. The highest BCUT2D eigenvalue weighted by Crippen LogP contribution is 2.24. The Bertz CT molecular complexity index is 1020. The molecular weight excluding hydrogens is 325 g/mol. The minimum Gasteiger partial charge on any atom is -0.348 e. The molecule has 3 N–H and O–H groups in total. The Labute approximate surface area is 142 Å². The SMILES string of the molecule is Cc1c(C(=O)NC2CCc3n[nH]c(=O)n3CC2)[nH]c2c(F)cccc12. The number of halogens is 1. The van der Waals surface area contributed by atoms with Crippen LogP contribution in [-0.2, 0) is 13.0 Å². The van der Waals surface area contributed by atoms with E-state index in [4.69, 9.17) is 0 Å². The third-order valence-corrected chi connectivity index (χ3v) is 4.86. The van der Waals surface area contributed by atoms with Crippen LogP contribution in [0.25, 0.3) is 10.9 Å². The van der Waals surface area contributed by atoms with Gasteiger partial charge in [0.05, 0.1) is 5.52 Å². The van der Waals surface area contributed by atoms with E-state index in [0.29, 0.717) is 48.2 Å². The highest BCUT2D eigenvalue weighted by molar-refractivity contribution is 6.01. The zero-order valence-corrected chi connectivity index (χ0v) is 13.7. The summed E-state index contributed by atoms with van der Waals surface area (Å²) in [4.78, 5) is 27.2. The lowest BCUT2D eigenvalue weighted by molar-refractivity contribution is 0.0928. The molecule has 0 fully saturated rings. The van der Waals surface area contributed by atoms with Crippen molar-refractivity contribution >= 4 is 16.8 Å². The van der Waals surface area contributed by atoms with Gasteiger partial charge in [-0.2, -0.15) is 5.10 Å². The normalized spacial score (nSPS) is 17.3. The Morgan fingerprint density at radius 1 is 1.40 bits per heavy atom. The molecule has 0 saturated heterocycles. The molecule has 0 spiro atoms. The summed E-state index contributed by atoms with van der Waals surface area (Å²) in [6.07, 6.45) is 1.96. The molecule has 1 aliphatic rings. The number of benzene rings is 1. The Morgan fingerprint density at radius 3 is 3.04 bits per heavy atom. The molecule has 1 aromatic carbocycles. The van der Waals surface area contributed by atoms with Crippen molar-refractivity contribution < 1.29 is 9.18 Å². The van der Waals surface area contributed by atoms with Gasteiger partial charge in [-0.1, -0.05) is 12.1 Å². The quantitative estimate of drug-likeness (QED) is 0.660. The van der Waals surface area contributed by atoms with Crippen LogP contribution in [0.3, 0.4) is 0 Å². The number of nitrogens with zero attached hydrogens (tertiary/aromatic N) is 2. The average Bonchev–Trinajstić information content (AvgIpc) is 3.04. The minimum absolute atomic E-state index is 0.0655. The number of aromatic amines is 2. The van der Waals surface area contributed by atoms with Crippen molar-refractivity contribution in [3.63, 3.8) is 0 Å². The molecule has 1 atom stereocenters. The van der Waals surface area contributed by atoms with Gasteiger partial charge < -0.3 is 10.3 Å². The van der Waals surface area contributed by atoms with Gasteiger partial charge in [0.1, 0.15) is 17.3 Å². The summed E-state index contributed by atoms with van der Waals surface area (Å²) >= 11 is 0.